The number of allylic oxidation sites excluding steroid dienone is 2. The van der Waals surface area contributed by atoms with Crippen LogP contribution in [0.4, 0.5) is 0 Å². The first kappa shape index (κ1) is 18.3. The standard InChI is InChI=1S/C22H20N2O3/c23-21(26)18-10-3-1-6-14(18)12-16-8-5-9-17(20(16)25)13-15-7-2-4-11-19(15)22(24)27/h1-4,6-7,10-13H,5,8-9H2,(H2,23,26)(H2,24,27). The summed E-state index contributed by atoms with van der Waals surface area (Å²) < 4.78 is 0. The lowest BCUT2D eigenvalue weighted by atomic mass is 9.86. The van der Waals surface area contributed by atoms with Gasteiger partial charge >= 0.3 is 0 Å². The zero-order valence-corrected chi connectivity index (χ0v) is 14.8. The molecule has 27 heavy (non-hydrogen) atoms. The summed E-state index contributed by atoms with van der Waals surface area (Å²) >= 11 is 0. The summed E-state index contributed by atoms with van der Waals surface area (Å²) in [5.41, 5.74) is 14.1. The number of primary amides is 2. The zero-order chi connectivity index (χ0) is 19.4. The van der Waals surface area contributed by atoms with E-state index in [2.05, 4.69) is 0 Å². The van der Waals surface area contributed by atoms with E-state index < -0.39 is 11.8 Å². The van der Waals surface area contributed by atoms with Gasteiger partial charge in [0.05, 0.1) is 0 Å². The number of carbonyl (C=O) groups excluding carboxylic acids is 3. The van der Waals surface area contributed by atoms with E-state index >= 15 is 0 Å². The van der Waals surface area contributed by atoms with Crippen LogP contribution in [0.1, 0.15) is 51.1 Å². The highest BCUT2D eigenvalue weighted by atomic mass is 16.1. The first-order valence-corrected chi connectivity index (χ1v) is 8.71. The van der Waals surface area contributed by atoms with Crippen molar-refractivity contribution in [3.8, 4) is 0 Å². The van der Waals surface area contributed by atoms with E-state index in [1.807, 2.05) is 0 Å². The smallest absolute Gasteiger partial charge is 0.249 e. The molecule has 0 radical (unpaired) electrons. The molecule has 1 aliphatic carbocycles. The molecule has 0 atom stereocenters. The van der Waals surface area contributed by atoms with Crippen molar-refractivity contribution >= 4 is 29.7 Å². The molecule has 0 bridgehead atoms. The van der Waals surface area contributed by atoms with Crippen molar-refractivity contribution in [2.75, 3.05) is 0 Å². The lowest BCUT2D eigenvalue weighted by molar-refractivity contribution is -0.112. The van der Waals surface area contributed by atoms with E-state index in [-0.39, 0.29) is 5.78 Å². The molecule has 0 unspecified atom stereocenters. The molecular formula is C22H20N2O3. The maximum atomic E-state index is 12.9. The highest BCUT2D eigenvalue weighted by Crippen LogP contribution is 2.29. The SMILES string of the molecule is NC(=O)c1ccccc1C=C1CCCC(=Cc2ccccc2C(N)=O)C1=O. The number of hydrogen-bond donors (Lipinski definition) is 2. The van der Waals surface area contributed by atoms with Gasteiger partial charge in [-0.1, -0.05) is 36.4 Å². The molecule has 0 saturated heterocycles. The molecule has 4 N–H and O–H groups in total. The minimum absolute atomic E-state index is 0.0835. The summed E-state index contributed by atoms with van der Waals surface area (Å²) in [7, 11) is 0. The molecule has 2 amide bonds. The fourth-order valence-electron chi connectivity index (χ4n) is 3.25. The topological polar surface area (TPSA) is 103 Å². The highest BCUT2D eigenvalue weighted by Gasteiger charge is 2.21. The van der Waals surface area contributed by atoms with Gasteiger partial charge in [0.2, 0.25) is 11.8 Å². The summed E-state index contributed by atoms with van der Waals surface area (Å²) in [6, 6.07) is 13.9. The molecule has 2 aromatic carbocycles. The van der Waals surface area contributed by atoms with Gasteiger partial charge in [-0.3, -0.25) is 14.4 Å². The molecule has 3 rings (SSSR count). The number of carbonyl (C=O) groups is 3. The summed E-state index contributed by atoms with van der Waals surface area (Å²) in [6.07, 6.45) is 5.52. The lowest BCUT2D eigenvalue weighted by Gasteiger charge is -2.17. The largest absolute Gasteiger partial charge is 0.366 e. The van der Waals surface area contributed by atoms with Gasteiger partial charge in [-0.05, 0) is 54.7 Å². The molecule has 0 spiro atoms. The van der Waals surface area contributed by atoms with Gasteiger partial charge in [0.25, 0.3) is 0 Å². The fraction of sp³-hybridized carbons (Fsp3) is 0.136. The second-order valence-corrected chi connectivity index (χ2v) is 6.42. The van der Waals surface area contributed by atoms with E-state index in [1.165, 1.54) is 0 Å². The van der Waals surface area contributed by atoms with Crippen molar-refractivity contribution in [3.05, 3.63) is 81.9 Å². The predicted molar refractivity (Wildman–Crippen MR) is 105 cm³/mol. The lowest BCUT2D eigenvalue weighted by Crippen LogP contribution is -2.15. The van der Waals surface area contributed by atoms with Crippen molar-refractivity contribution in [2.24, 2.45) is 11.5 Å². The van der Waals surface area contributed by atoms with E-state index in [1.54, 1.807) is 60.7 Å². The minimum atomic E-state index is -0.531. The summed E-state index contributed by atoms with van der Waals surface area (Å²) in [4.78, 5) is 36.1. The van der Waals surface area contributed by atoms with E-state index in [0.29, 0.717) is 46.2 Å². The Hall–Kier alpha value is -3.47. The van der Waals surface area contributed by atoms with Gasteiger partial charge in [-0.25, -0.2) is 0 Å². The van der Waals surface area contributed by atoms with Crippen LogP contribution < -0.4 is 11.5 Å². The maximum Gasteiger partial charge on any atom is 0.249 e. The van der Waals surface area contributed by atoms with Crippen LogP contribution in [0.3, 0.4) is 0 Å². The molecule has 1 aliphatic rings. The predicted octanol–water partition coefficient (Wildman–Crippen LogP) is 3.10. The van der Waals surface area contributed by atoms with Crippen molar-refractivity contribution in [1.82, 2.24) is 0 Å². The van der Waals surface area contributed by atoms with Crippen LogP contribution in [-0.2, 0) is 4.79 Å². The van der Waals surface area contributed by atoms with Crippen LogP contribution in [0.15, 0.2) is 59.7 Å². The quantitative estimate of drug-likeness (QED) is 0.819. The fourth-order valence-corrected chi connectivity index (χ4v) is 3.25. The third-order valence-electron chi connectivity index (χ3n) is 4.59. The zero-order valence-electron chi connectivity index (χ0n) is 14.8. The van der Waals surface area contributed by atoms with E-state index in [4.69, 9.17) is 11.5 Å². The van der Waals surface area contributed by atoms with Crippen LogP contribution in [0.25, 0.3) is 12.2 Å². The maximum absolute atomic E-state index is 12.9. The van der Waals surface area contributed by atoms with Gasteiger partial charge in [-0.15, -0.1) is 0 Å². The molecule has 5 nitrogen and oxygen atoms in total. The Labute approximate surface area is 157 Å². The van der Waals surface area contributed by atoms with Crippen molar-refractivity contribution < 1.29 is 14.4 Å². The Morgan fingerprint density at radius 2 is 1.15 bits per heavy atom. The molecule has 0 heterocycles. The molecular weight excluding hydrogens is 340 g/mol. The second kappa shape index (κ2) is 7.83. The van der Waals surface area contributed by atoms with E-state index in [9.17, 15) is 14.4 Å². The number of nitrogens with two attached hydrogens (primary N) is 2. The first-order chi connectivity index (χ1) is 13.0. The van der Waals surface area contributed by atoms with E-state index in [0.717, 1.165) is 6.42 Å². The molecule has 1 saturated carbocycles. The molecule has 1 fully saturated rings. The Kier molecular flexibility index (Phi) is 5.31. The summed E-state index contributed by atoms with van der Waals surface area (Å²) in [5.74, 6) is -1.14. The molecule has 136 valence electrons. The second-order valence-electron chi connectivity index (χ2n) is 6.42. The van der Waals surface area contributed by atoms with Crippen molar-refractivity contribution in [3.63, 3.8) is 0 Å². The van der Waals surface area contributed by atoms with Crippen molar-refractivity contribution in [2.45, 2.75) is 19.3 Å². The van der Waals surface area contributed by atoms with Gasteiger partial charge < -0.3 is 11.5 Å². The van der Waals surface area contributed by atoms with Gasteiger partial charge in [0, 0.05) is 22.3 Å². The third kappa shape index (κ3) is 4.03. The monoisotopic (exact) mass is 360 g/mol. The van der Waals surface area contributed by atoms with Crippen LogP contribution in [0.2, 0.25) is 0 Å². The number of hydrogen-bond acceptors (Lipinski definition) is 3. The Bertz CT molecular complexity index is 909. The average Bonchev–Trinajstić information content (AvgIpc) is 2.65. The summed E-state index contributed by atoms with van der Waals surface area (Å²) in [6.45, 7) is 0. The number of amides is 2. The Morgan fingerprint density at radius 1 is 0.741 bits per heavy atom. The Morgan fingerprint density at radius 3 is 1.56 bits per heavy atom. The third-order valence-corrected chi connectivity index (χ3v) is 4.59. The van der Waals surface area contributed by atoms with Crippen LogP contribution in [-0.4, -0.2) is 17.6 Å². The molecule has 0 aromatic heterocycles. The molecule has 2 aromatic rings. The van der Waals surface area contributed by atoms with Gasteiger partial charge in [-0.2, -0.15) is 0 Å². The number of ketones is 1. The number of Topliss-reactive ketones (excluding diaryl/α,β-unsaturated/α-hetero) is 1. The minimum Gasteiger partial charge on any atom is -0.366 e. The van der Waals surface area contributed by atoms with Gasteiger partial charge in [0.15, 0.2) is 5.78 Å². The average molecular weight is 360 g/mol. The summed E-state index contributed by atoms with van der Waals surface area (Å²) in [5, 5.41) is 0. The number of benzene rings is 2. The van der Waals surface area contributed by atoms with Crippen LogP contribution >= 0.6 is 0 Å². The highest BCUT2D eigenvalue weighted by molar-refractivity contribution is 6.15. The molecule has 5 heteroatoms. The van der Waals surface area contributed by atoms with Crippen molar-refractivity contribution in [1.29, 1.82) is 0 Å². The van der Waals surface area contributed by atoms with Gasteiger partial charge in [0.1, 0.15) is 0 Å². The van der Waals surface area contributed by atoms with Crippen LogP contribution in [0, 0.1) is 0 Å². The normalized spacial score (nSPS) is 17.3. The first-order valence-electron chi connectivity index (χ1n) is 8.71. The van der Waals surface area contributed by atoms with Crippen LogP contribution in [0.5, 0.6) is 0 Å². The molecule has 0 aliphatic heterocycles. The Balaban J connectivity index is 1.98. The number of rotatable bonds is 4.